The van der Waals surface area contributed by atoms with E-state index in [2.05, 4.69) is 54.4 Å². The van der Waals surface area contributed by atoms with Crippen LogP contribution in [0.3, 0.4) is 0 Å². The van der Waals surface area contributed by atoms with E-state index in [9.17, 15) is 0 Å². The fourth-order valence-electron chi connectivity index (χ4n) is 1.83. The molecule has 1 aromatic carbocycles. The van der Waals surface area contributed by atoms with Crippen LogP contribution in [-0.4, -0.2) is 9.78 Å². The molecule has 0 aliphatic rings. The SMILES string of the molecule is Cc1nn(C)c(CNCc2ccccc2Br)c1Br. The standard InChI is InChI=1S/C13H15Br2N3/c1-9-13(15)12(18(2)17-9)8-16-7-10-5-3-4-6-11(10)14/h3-6,16H,7-8H2,1-2H3. The van der Waals surface area contributed by atoms with Gasteiger partial charge in [-0.3, -0.25) is 4.68 Å². The van der Waals surface area contributed by atoms with Gasteiger partial charge in [-0.1, -0.05) is 34.1 Å². The largest absolute Gasteiger partial charge is 0.307 e. The fraction of sp³-hybridized carbons (Fsp3) is 0.308. The van der Waals surface area contributed by atoms with Crippen molar-refractivity contribution < 1.29 is 0 Å². The number of aromatic nitrogens is 2. The van der Waals surface area contributed by atoms with Crippen molar-refractivity contribution >= 4 is 31.9 Å². The Bertz CT molecular complexity index is 549. The highest BCUT2D eigenvalue weighted by Gasteiger charge is 2.09. The highest BCUT2D eigenvalue weighted by atomic mass is 79.9. The van der Waals surface area contributed by atoms with Gasteiger partial charge in [0.25, 0.3) is 0 Å². The van der Waals surface area contributed by atoms with Gasteiger partial charge in [-0.15, -0.1) is 0 Å². The third kappa shape index (κ3) is 3.02. The van der Waals surface area contributed by atoms with E-state index in [1.165, 1.54) is 11.3 Å². The average molecular weight is 373 g/mol. The third-order valence-electron chi connectivity index (χ3n) is 2.83. The summed E-state index contributed by atoms with van der Waals surface area (Å²) in [7, 11) is 1.97. The molecule has 2 rings (SSSR count). The number of hydrogen-bond donors (Lipinski definition) is 1. The maximum Gasteiger partial charge on any atom is 0.0739 e. The van der Waals surface area contributed by atoms with Gasteiger partial charge in [0, 0.05) is 24.6 Å². The van der Waals surface area contributed by atoms with Crippen LogP contribution in [0.25, 0.3) is 0 Å². The highest BCUT2D eigenvalue weighted by Crippen LogP contribution is 2.20. The van der Waals surface area contributed by atoms with E-state index in [1.807, 2.05) is 30.8 Å². The number of benzene rings is 1. The summed E-state index contributed by atoms with van der Waals surface area (Å²) in [6.07, 6.45) is 0. The van der Waals surface area contributed by atoms with Gasteiger partial charge in [-0.25, -0.2) is 0 Å². The van der Waals surface area contributed by atoms with E-state index in [-0.39, 0.29) is 0 Å². The Balaban J connectivity index is 1.99. The quantitative estimate of drug-likeness (QED) is 0.889. The van der Waals surface area contributed by atoms with Crippen molar-refractivity contribution in [3.63, 3.8) is 0 Å². The summed E-state index contributed by atoms with van der Waals surface area (Å²) in [6.45, 7) is 3.62. The summed E-state index contributed by atoms with van der Waals surface area (Å²) in [5.41, 5.74) is 3.45. The molecule has 0 aliphatic heterocycles. The molecule has 0 unspecified atom stereocenters. The zero-order chi connectivity index (χ0) is 13.1. The summed E-state index contributed by atoms with van der Waals surface area (Å²) in [6, 6.07) is 8.24. The van der Waals surface area contributed by atoms with E-state index in [1.54, 1.807) is 0 Å². The van der Waals surface area contributed by atoms with Crippen LogP contribution < -0.4 is 5.32 Å². The van der Waals surface area contributed by atoms with Crippen molar-refractivity contribution in [2.75, 3.05) is 0 Å². The van der Waals surface area contributed by atoms with E-state index < -0.39 is 0 Å². The summed E-state index contributed by atoms with van der Waals surface area (Å²) < 4.78 is 4.13. The van der Waals surface area contributed by atoms with Gasteiger partial charge in [0.05, 0.1) is 15.9 Å². The Hall–Kier alpha value is -0.650. The number of aryl methyl sites for hydroxylation is 2. The maximum atomic E-state index is 4.37. The normalized spacial score (nSPS) is 10.9. The van der Waals surface area contributed by atoms with Crippen LogP contribution >= 0.6 is 31.9 Å². The van der Waals surface area contributed by atoms with Crippen LogP contribution in [0.2, 0.25) is 0 Å². The number of halogens is 2. The lowest BCUT2D eigenvalue weighted by atomic mass is 10.2. The summed E-state index contributed by atoms with van der Waals surface area (Å²) in [4.78, 5) is 0. The first-order valence-electron chi connectivity index (χ1n) is 5.71. The summed E-state index contributed by atoms with van der Waals surface area (Å²) >= 11 is 7.12. The topological polar surface area (TPSA) is 29.9 Å². The molecule has 1 aromatic heterocycles. The van der Waals surface area contributed by atoms with Gasteiger partial charge in [0.1, 0.15) is 0 Å². The Morgan fingerprint density at radius 2 is 1.94 bits per heavy atom. The van der Waals surface area contributed by atoms with Gasteiger partial charge in [0.2, 0.25) is 0 Å². The molecule has 0 atom stereocenters. The van der Waals surface area contributed by atoms with E-state index in [0.717, 1.165) is 27.7 Å². The smallest absolute Gasteiger partial charge is 0.0739 e. The molecule has 0 aliphatic carbocycles. The maximum absolute atomic E-state index is 4.37. The molecule has 96 valence electrons. The number of nitrogens with one attached hydrogen (secondary N) is 1. The Kier molecular flexibility index (Phi) is 4.59. The molecular weight excluding hydrogens is 358 g/mol. The van der Waals surface area contributed by atoms with Crippen molar-refractivity contribution in [2.45, 2.75) is 20.0 Å². The molecule has 0 amide bonds. The van der Waals surface area contributed by atoms with Crippen molar-refractivity contribution in [3.05, 3.63) is 50.2 Å². The Labute approximate surface area is 124 Å². The van der Waals surface area contributed by atoms with Crippen LogP contribution in [0.4, 0.5) is 0 Å². The molecule has 2 aromatic rings. The third-order valence-corrected chi connectivity index (χ3v) is 4.63. The number of rotatable bonds is 4. The second-order valence-electron chi connectivity index (χ2n) is 4.16. The molecule has 0 bridgehead atoms. The Morgan fingerprint density at radius 1 is 1.22 bits per heavy atom. The summed E-state index contributed by atoms with van der Waals surface area (Å²) in [5.74, 6) is 0. The lowest BCUT2D eigenvalue weighted by molar-refractivity contribution is 0.622. The second-order valence-corrected chi connectivity index (χ2v) is 5.81. The molecule has 0 radical (unpaired) electrons. The molecule has 0 fully saturated rings. The second kappa shape index (κ2) is 5.99. The number of nitrogens with zero attached hydrogens (tertiary/aromatic N) is 2. The monoisotopic (exact) mass is 371 g/mol. The van der Waals surface area contributed by atoms with Crippen LogP contribution in [0.1, 0.15) is 17.0 Å². The predicted octanol–water partition coefficient (Wildman–Crippen LogP) is 3.54. The fourth-order valence-corrected chi connectivity index (χ4v) is 2.73. The van der Waals surface area contributed by atoms with Gasteiger partial charge < -0.3 is 5.32 Å². The van der Waals surface area contributed by atoms with Crippen LogP contribution in [-0.2, 0) is 20.1 Å². The molecular formula is C13H15Br2N3. The van der Waals surface area contributed by atoms with E-state index in [0.29, 0.717) is 0 Å². The van der Waals surface area contributed by atoms with Crippen molar-refractivity contribution in [3.8, 4) is 0 Å². The van der Waals surface area contributed by atoms with E-state index >= 15 is 0 Å². The first-order valence-corrected chi connectivity index (χ1v) is 7.30. The lowest BCUT2D eigenvalue weighted by Gasteiger charge is -2.07. The highest BCUT2D eigenvalue weighted by molar-refractivity contribution is 9.10. The molecule has 0 spiro atoms. The van der Waals surface area contributed by atoms with Gasteiger partial charge in [0.15, 0.2) is 0 Å². The minimum atomic E-state index is 0.791. The van der Waals surface area contributed by atoms with Crippen LogP contribution in [0.15, 0.2) is 33.2 Å². The average Bonchev–Trinajstić information content (AvgIpc) is 2.58. The molecule has 1 heterocycles. The van der Waals surface area contributed by atoms with Gasteiger partial charge in [-0.05, 0) is 34.5 Å². The lowest BCUT2D eigenvalue weighted by Crippen LogP contribution is -2.15. The van der Waals surface area contributed by atoms with Gasteiger partial charge >= 0.3 is 0 Å². The minimum absolute atomic E-state index is 0.791. The molecule has 1 N–H and O–H groups in total. The van der Waals surface area contributed by atoms with Crippen LogP contribution in [0.5, 0.6) is 0 Å². The summed E-state index contributed by atoms with van der Waals surface area (Å²) in [5, 5.41) is 7.81. The predicted molar refractivity (Wildman–Crippen MR) is 80.3 cm³/mol. The zero-order valence-corrected chi connectivity index (χ0v) is 13.5. The molecule has 0 saturated heterocycles. The molecule has 18 heavy (non-hydrogen) atoms. The molecule has 0 saturated carbocycles. The first-order chi connectivity index (χ1) is 8.59. The zero-order valence-electron chi connectivity index (χ0n) is 10.4. The molecule has 5 heteroatoms. The van der Waals surface area contributed by atoms with Crippen molar-refractivity contribution in [1.29, 1.82) is 0 Å². The Morgan fingerprint density at radius 3 is 2.56 bits per heavy atom. The first kappa shape index (κ1) is 13.8. The van der Waals surface area contributed by atoms with E-state index in [4.69, 9.17) is 0 Å². The van der Waals surface area contributed by atoms with Crippen molar-refractivity contribution in [1.82, 2.24) is 15.1 Å². The van der Waals surface area contributed by atoms with Crippen molar-refractivity contribution in [2.24, 2.45) is 7.05 Å². The van der Waals surface area contributed by atoms with Crippen LogP contribution in [0, 0.1) is 6.92 Å². The molecule has 3 nitrogen and oxygen atoms in total. The number of hydrogen-bond acceptors (Lipinski definition) is 2. The minimum Gasteiger partial charge on any atom is -0.307 e. The van der Waals surface area contributed by atoms with Gasteiger partial charge in [-0.2, -0.15) is 5.10 Å².